The molecule has 4 heteroatoms. The predicted octanol–water partition coefficient (Wildman–Crippen LogP) is 2.23. The van der Waals surface area contributed by atoms with Crippen molar-refractivity contribution in [1.82, 2.24) is 10.3 Å². The van der Waals surface area contributed by atoms with E-state index in [2.05, 4.69) is 22.4 Å². The van der Waals surface area contributed by atoms with Gasteiger partial charge in [-0.3, -0.25) is 0 Å². The summed E-state index contributed by atoms with van der Waals surface area (Å²) >= 11 is 0. The van der Waals surface area contributed by atoms with E-state index >= 15 is 0 Å². The van der Waals surface area contributed by atoms with Crippen LogP contribution in [0.15, 0.2) is 24.4 Å². The SMILES string of the molecule is COc1cc(C2CCNCCO2)cc2[nH]ccc12. The van der Waals surface area contributed by atoms with Gasteiger partial charge in [-0.1, -0.05) is 0 Å². The molecule has 0 bridgehead atoms. The van der Waals surface area contributed by atoms with Crippen LogP contribution < -0.4 is 10.1 Å². The van der Waals surface area contributed by atoms with Crippen molar-refractivity contribution in [3.05, 3.63) is 30.0 Å². The van der Waals surface area contributed by atoms with Crippen molar-refractivity contribution in [2.24, 2.45) is 0 Å². The quantitative estimate of drug-likeness (QED) is 0.854. The minimum Gasteiger partial charge on any atom is -0.496 e. The average Bonchev–Trinajstić information content (AvgIpc) is 2.71. The maximum atomic E-state index is 5.88. The fourth-order valence-electron chi connectivity index (χ4n) is 2.49. The fraction of sp³-hybridized carbons (Fsp3) is 0.429. The second-order valence-corrected chi connectivity index (χ2v) is 4.56. The molecule has 1 unspecified atom stereocenters. The second-order valence-electron chi connectivity index (χ2n) is 4.56. The zero-order valence-corrected chi connectivity index (χ0v) is 10.5. The molecule has 1 fully saturated rings. The molecule has 0 radical (unpaired) electrons. The highest BCUT2D eigenvalue weighted by atomic mass is 16.5. The van der Waals surface area contributed by atoms with E-state index < -0.39 is 0 Å². The summed E-state index contributed by atoms with van der Waals surface area (Å²) < 4.78 is 11.3. The normalized spacial score (nSPS) is 20.8. The van der Waals surface area contributed by atoms with Crippen LogP contribution in [0.3, 0.4) is 0 Å². The summed E-state index contributed by atoms with van der Waals surface area (Å²) in [6.45, 7) is 2.68. The number of hydrogen-bond acceptors (Lipinski definition) is 3. The van der Waals surface area contributed by atoms with Gasteiger partial charge in [0.25, 0.3) is 0 Å². The zero-order valence-electron chi connectivity index (χ0n) is 10.5. The van der Waals surface area contributed by atoms with Gasteiger partial charge >= 0.3 is 0 Å². The molecular formula is C14H18N2O2. The summed E-state index contributed by atoms with van der Waals surface area (Å²) in [7, 11) is 1.71. The van der Waals surface area contributed by atoms with E-state index in [1.165, 1.54) is 5.56 Å². The number of rotatable bonds is 2. The van der Waals surface area contributed by atoms with Crippen molar-refractivity contribution in [1.29, 1.82) is 0 Å². The lowest BCUT2D eigenvalue weighted by Gasteiger charge is -2.16. The van der Waals surface area contributed by atoms with Gasteiger partial charge < -0.3 is 19.8 Å². The maximum absolute atomic E-state index is 5.88. The predicted molar refractivity (Wildman–Crippen MR) is 71.0 cm³/mol. The molecule has 0 amide bonds. The van der Waals surface area contributed by atoms with Crippen LogP contribution in [0.2, 0.25) is 0 Å². The van der Waals surface area contributed by atoms with Gasteiger partial charge in [-0.2, -0.15) is 0 Å². The van der Waals surface area contributed by atoms with Gasteiger partial charge in [0.1, 0.15) is 5.75 Å². The van der Waals surface area contributed by atoms with E-state index in [9.17, 15) is 0 Å². The van der Waals surface area contributed by atoms with Crippen LogP contribution in [0.4, 0.5) is 0 Å². The highest BCUT2D eigenvalue weighted by Gasteiger charge is 2.17. The molecule has 18 heavy (non-hydrogen) atoms. The average molecular weight is 246 g/mol. The van der Waals surface area contributed by atoms with Crippen LogP contribution >= 0.6 is 0 Å². The molecule has 1 aliphatic rings. The van der Waals surface area contributed by atoms with Crippen molar-refractivity contribution in [2.75, 3.05) is 26.8 Å². The van der Waals surface area contributed by atoms with Crippen molar-refractivity contribution < 1.29 is 9.47 Å². The number of aromatic amines is 1. The van der Waals surface area contributed by atoms with Crippen LogP contribution in [0.5, 0.6) is 5.75 Å². The minimum atomic E-state index is 0.154. The third-order valence-electron chi connectivity index (χ3n) is 3.43. The van der Waals surface area contributed by atoms with Gasteiger partial charge in [-0.25, -0.2) is 0 Å². The van der Waals surface area contributed by atoms with Gasteiger partial charge in [0.15, 0.2) is 0 Å². The van der Waals surface area contributed by atoms with Crippen LogP contribution in [0.1, 0.15) is 18.1 Å². The number of nitrogens with one attached hydrogen (secondary N) is 2. The largest absolute Gasteiger partial charge is 0.496 e. The summed E-state index contributed by atoms with van der Waals surface area (Å²) in [5.74, 6) is 0.907. The molecule has 1 saturated heterocycles. The van der Waals surface area contributed by atoms with Crippen molar-refractivity contribution in [3.8, 4) is 5.75 Å². The first kappa shape index (κ1) is 11.6. The Bertz CT molecular complexity index is 528. The molecule has 4 nitrogen and oxygen atoms in total. The van der Waals surface area contributed by atoms with Crippen LogP contribution in [0, 0.1) is 0 Å². The standard InChI is InChI=1S/C14H18N2O2/c1-17-14-9-10(8-12-11(14)2-5-16-12)13-3-4-15-6-7-18-13/h2,5,8-9,13,15-16H,3-4,6-7H2,1H3. The number of hydrogen-bond donors (Lipinski definition) is 2. The lowest BCUT2D eigenvalue weighted by molar-refractivity contribution is 0.0643. The molecule has 1 atom stereocenters. The number of H-pyrrole nitrogens is 1. The number of benzene rings is 1. The summed E-state index contributed by atoms with van der Waals surface area (Å²) in [6, 6.07) is 6.29. The molecule has 0 aliphatic carbocycles. The van der Waals surface area contributed by atoms with E-state index in [0.29, 0.717) is 0 Å². The highest BCUT2D eigenvalue weighted by Crippen LogP contribution is 2.32. The highest BCUT2D eigenvalue weighted by molar-refractivity contribution is 5.86. The molecule has 2 heterocycles. The topological polar surface area (TPSA) is 46.3 Å². The number of fused-ring (bicyclic) bond motifs is 1. The van der Waals surface area contributed by atoms with Gasteiger partial charge in [0.2, 0.25) is 0 Å². The molecule has 1 aromatic carbocycles. The Kier molecular flexibility index (Phi) is 3.21. The molecule has 3 rings (SSSR count). The summed E-state index contributed by atoms with van der Waals surface area (Å²) in [5.41, 5.74) is 2.29. The Morgan fingerprint density at radius 2 is 2.28 bits per heavy atom. The van der Waals surface area contributed by atoms with Crippen molar-refractivity contribution in [3.63, 3.8) is 0 Å². The Morgan fingerprint density at radius 1 is 1.33 bits per heavy atom. The minimum absolute atomic E-state index is 0.154. The smallest absolute Gasteiger partial charge is 0.128 e. The van der Waals surface area contributed by atoms with E-state index in [1.54, 1.807) is 7.11 Å². The van der Waals surface area contributed by atoms with Crippen LogP contribution in [-0.2, 0) is 4.74 Å². The molecule has 1 aliphatic heterocycles. The third kappa shape index (κ3) is 2.09. The number of ether oxygens (including phenoxy) is 2. The van der Waals surface area contributed by atoms with Crippen LogP contribution in [-0.4, -0.2) is 31.8 Å². The van der Waals surface area contributed by atoms with E-state index in [0.717, 1.165) is 42.8 Å². The number of aromatic nitrogens is 1. The molecule has 0 spiro atoms. The van der Waals surface area contributed by atoms with Gasteiger partial charge in [0, 0.05) is 23.6 Å². The van der Waals surface area contributed by atoms with Gasteiger partial charge in [-0.15, -0.1) is 0 Å². The third-order valence-corrected chi connectivity index (χ3v) is 3.43. The first-order chi connectivity index (χ1) is 8.88. The molecule has 2 aromatic rings. The zero-order chi connectivity index (χ0) is 12.4. The lowest BCUT2D eigenvalue weighted by atomic mass is 10.0. The van der Waals surface area contributed by atoms with Crippen molar-refractivity contribution >= 4 is 10.9 Å². The first-order valence-electron chi connectivity index (χ1n) is 6.36. The van der Waals surface area contributed by atoms with E-state index in [4.69, 9.17) is 9.47 Å². The van der Waals surface area contributed by atoms with Crippen LogP contribution in [0.25, 0.3) is 10.9 Å². The lowest BCUT2D eigenvalue weighted by Crippen LogP contribution is -2.16. The van der Waals surface area contributed by atoms with Crippen molar-refractivity contribution in [2.45, 2.75) is 12.5 Å². The first-order valence-corrected chi connectivity index (χ1v) is 6.36. The van der Waals surface area contributed by atoms with Gasteiger partial charge in [-0.05, 0) is 36.7 Å². The maximum Gasteiger partial charge on any atom is 0.128 e. The molecule has 1 aromatic heterocycles. The van der Waals surface area contributed by atoms with E-state index in [-0.39, 0.29) is 6.10 Å². The van der Waals surface area contributed by atoms with Gasteiger partial charge in [0.05, 0.1) is 19.8 Å². The summed E-state index contributed by atoms with van der Waals surface area (Å²) in [4.78, 5) is 3.24. The summed E-state index contributed by atoms with van der Waals surface area (Å²) in [5, 5.41) is 4.46. The molecule has 2 N–H and O–H groups in total. The Hall–Kier alpha value is -1.52. The monoisotopic (exact) mass is 246 g/mol. The number of methoxy groups -OCH3 is 1. The Labute approximate surface area is 106 Å². The Morgan fingerprint density at radius 3 is 3.17 bits per heavy atom. The second kappa shape index (κ2) is 5.00. The fourth-order valence-corrected chi connectivity index (χ4v) is 2.49. The molecular weight excluding hydrogens is 228 g/mol. The molecule has 0 saturated carbocycles. The molecule has 96 valence electrons. The Balaban J connectivity index is 1.99. The van der Waals surface area contributed by atoms with E-state index in [1.807, 2.05) is 12.3 Å². The summed E-state index contributed by atoms with van der Waals surface area (Å²) in [6.07, 6.45) is 3.09.